The highest BCUT2D eigenvalue weighted by Crippen LogP contribution is 2.34. The molecule has 0 aromatic carbocycles. The van der Waals surface area contributed by atoms with Crippen LogP contribution in [0, 0.1) is 0 Å². The van der Waals surface area contributed by atoms with Crippen molar-refractivity contribution >= 4 is 17.2 Å². The molecule has 0 aliphatic heterocycles. The maximum atomic E-state index is 11.6. The van der Waals surface area contributed by atoms with E-state index in [9.17, 15) is 9.59 Å². The second-order valence-electron chi connectivity index (χ2n) is 4.24. The molecule has 18 heavy (non-hydrogen) atoms. The van der Waals surface area contributed by atoms with Crippen LogP contribution in [0.4, 0.5) is 5.82 Å². The summed E-state index contributed by atoms with van der Waals surface area (Å²) in [6.45, 7) is 0. The van der Waals surface area contributed by atoms with Gasteiger partial charge in [-0.05, 0) is 36.3 Å². The number of fused-ring (bicyclic) bond motifs is 1. The van der Waals surface area contributed by atoms with Gasteiger partial charge in [-0.25, -0.2) is 9.89 Å². The summed E-state index contributed by atoms with van der Waals surface area (Å²) in [5, 5.41) is 11.1. The van der Waals surface area contributed by atoms with Crippen LogP contribution < -0.4 is 16.6 Å². The van der Waals surface area contributed by atoms with Crippen LogP contribution >= 0.6 is 11.3 Å². The Kier molecular flexibility index (Phi) is 2.75. The van der Waals surface area contributed by atoms with Gasteiger partial charge in [0.15, 0.2) is 0 Å². The van der Waals surface area contributed by atoms with E-state index in [4.69, 9.17) is 0 Å². The molecule has 3 rings (SSSR count). The van der Waals surface area contributed by atoms with Crippen molar-refractivity contribution < 1.29 is 0 Å². The van der Waals surface area contributed by atoms with Crippen molar-refractivity contribution in [2.45, 2.75) is 25.3 Å². The molecule has 0 radical (unpaired) electrons. The summed E-state index contributed by atoms with van der Waals surface area (Å²) in [6, 6.07) is 2.18. The number of nitrogens with one attached hydrogen (secondary N) is 3. The molecule has 0 spiro atoms. The molecule has 1 atom stereocenters. The topological polar surface area (TPSA) is 90.6 Å². The first kappa shape index (κ1) is 11.2. The highest BCUT2D eigenvalue weighted by atomic mass is 32.1. The minimum atomic E-state index is -0.592. The fourth-order valence-electron chi connectivity index (χ4n) is 2.25. The van der Waals surface area contributed by atoms with Crippen molar-refractivity contribution in [1.82, 2.24) is 15.2 Å². The molecule has 94 valence electrons. The van der Waals surface area contributed by atoms with E-state index in [1.807, 2.05) is 0 Å². The van der Waals surface area contributed by atoms with Gasteiger partial charge in [-0.15, -0.1) is 16.4 Å². The molecular formula is C11H12N4O2S. The average Bonchev–Trinajstić information content (AvgIpc) is 2.82. The molecule has 0 saturated heterocycles. The minimum Gasteiger partial charge on any atom is -0.357 e. The van der Waals surface area contributed by atoms with Crippen LogP contribution in [-0.2, 0) is 6.42 Å². The van der Waals surface area contributed by atoms with Crippen LogP contribution in [-0.4, -0.2) is 15.2 Å². The van der Waals surface area contributed by atoms with E-state index in [1.165, 1.54) is 10.4 Å². The Morgan fingerprint density at radius 3 is 3.17 bits per heavy atom. The van der Waals surface area contributed by atoms with Crippen molar-refractivity contribution in [3.05, 3.63) is 42.7 Å². The second kappa shape index (κ2) is 4.41. The molecule has 1 unspecified atom stereocenters. The summed E-state index contributed by atoms with van der Waals surface area (Å²) < 4.78 is 0. The predicted octanol–water partition coefficient (Wildman–Crippen LogP) is 1.01. The standard InChI is InChI=1S/C11H12N4O2S/c16-10-9(14-15-11(17)13-10)12-7-2-1-3-8-6(7)4-5-18-8/h4-5,7H,1-3H2,(H,12,14)(H2,13,15,16,17). The lowest BCUT2D eigenvalue weighted by Crippen LogP contribution is -2.29. The predicted molar refractivity (Wildman–Crippen MR) is 69.1 cm³/mol. The van der Waals surface area contributed by atoms with E-state index in [1.54, 1.807) is 11.3 Å². The first-order valence-corrected chi connectivity index (χ1v) is 6.64. The van der Waals surface area contributed by atoms with Crippen LogP contribution in [0.5, 0.6) is 0 Å². The van der Waals surface area contributed by atoms with E-state index in [0.717, 1.165) is 19.3 Å². The number of rotatable bonds is 2. The van der Waals surface area contributed by atoms with Gasteiger partial charge in [0.2, 0.25) is 5.82 Å². The van der Waals surface area contributed by atoms with Crippen LogP contribution in [0.2, 0.25) is 0 Å². The quantitative estimate of drug-likeness (QED) is 0.755. The highest BCUT2D eigenvalue weighted by Gasteiger charge is 2.22. The molecule has 0 fully saturated rings. The van der Waals surface area contributed by atoms with Gasteiger partial charge in [0.05, 0.1) is 6.04 Å². The summed E-state index contributed by atoms with van der Waals surface area (Å²) in [7, 11) is 0. The van der Waals surface area contributed by atoms with E-state index < -0.39 is 11.2 Å². The first-order valence-electron chi connectivity index (χ1n) is 5.76. The number of aromatic nitrogens is 3. The Bertz CT molecular complexity index is 672. The average molecular weight is 264 g/mol. The third-order valence-electron chi connectivity index (χ3n) is 3.07. The maximum absolute atomic E-state index is 11.6. The van der Waals surface area contributed by atoms with Gasteiger partial charge in [0.1, 0.15) is 0 Å². The molecular weight excluding hydrogens is 252 g/mol. The normalized spacial score (nSPS) is 18.3. The van der Waals surface area contributed by atoms with Crippen molar-refractivity contribution in [3.63, 3.8) is 0 Å². The fraction of sp³-hybridized carbons (Fsp3) is 0.364. The summed E-state index contributed by atoms with van der Waals surface area (Å²) in [6.07, 6.45) is 3.15. The Morgan fingerprint density at radius 2 is 2.33 bits per heavy atom. The SMILES string of the molecule is O=c1[nH]nc(NC2CCCc3sccc32)c(=O)[nH]1. The van der Waals surface area contributed by atoms with Crippen LogP contribution in [0.25, 0.3) is 0 Å². The monoisotopic (exact) mass is 264 g/mol. The molecule has 2 heterocycles. The molecule has 2 aromatic heterocycles. The van der Waals surface area contributed by atoms with Gasteiger partial charge in [-0.2, -0.15) is 0 Å². The number of anilines is 1. The number of hydrogen-bond acceptors (Lipinski definition) is 5. The molecule has 2 aromatic rings. The third kappa shape index (κ3) is 1.97. The van der Waals surface area contributed by atoms with Crippen molar-refractivity contribution in [3.8, 4) is 0 Å². The van der Waals surface area contributed by atoms with Gasteiger partial charge >= 0.3 is 5.69 Å². The van der Waals surface area contributed by atoms with Crippen molar-refractivity contribution in [2.24, 2.45) is 0 Å². The van der Waals surface area contributed by atoms with Gasteiger partial charge in [0, 0.05) is 4.88 Å². The lowest BCUT2D eigenvalue weighted by molar-refractivity contribution is 0.604. The zero-order valence-electron chi connectivity index (χ0n) is 9.53. The fourth-order valence-corrected chi connectivity index (χ4v) is 3.23. The lowest BCUT2D eigenvalue weighted by atomic mass is 9.94. The molecule has 1 aliphatic rings. The Balaban J connectivity index is 1.91. The number of H-pyrrole nitrogens is 2. The third-order valence-corrected chi connectivity index (χ3v) is 4.07. The van der Waals surface area contributed by atoms with E-state index in [0.29, 0.717) is 0 Å². The Labute approximate surface area is 106 Å². The van der Waals surface area contributed by atoms with Gasteiger partial charge in [0.25, 0.3) is 5.56 Å². The molecule has 0 bridgehead atoms. The minimum absolute atomic E-state index is 0.0968. The molecule has 6 nitrogen and oxygen atoms in total. The van der Waals surface area contributed by atoms with Crippen LogP contribution in [0.15, 0.2) is 21.0 Å². The largest absolute Gasteiger partial charge is 0.357 e. The van der Waals surface area contributed by atoms with Crippen LogP contribution in [0.1, 0.15) is 29.3 Å². The Hall–Kier alpha value is -1.89. The molecule has 0 saturated carbocycles. The lowest BCUT2D eigenvalue weighted by Gasteiger charge is -2.23. The summed E-state index contributed by atoms with van der Waals surface area (Å²) in [4.78, 5) is 26.0. The smallest absolute Gasteiger partial charge is 0.342 e. The summed E-state index contributed by atoms with van der Waals surface area (Å²) in [5.41, 5.74) is 0.158. The molecule has 1 aliphatic carbocycles. The number of aromatic amines is 2. The van der Waals surface area contributed by atoms with E-state index >= 15 is 0 Å². The van der Waals surface area contributed by atoms with Crippen molar-refractivity contribution in [1.29, 1.82) is 0 Å². The van der Waals surface area contributed by atoms with Gasteiger partial charge < -0.3 is 5.32 Å². The van der Waals surface area contributed by atoms with Gasteiger partial charge in [-0.1, -0.05) is 0 Å². The first-order chi connectivity index (χ1) is 8.74. The zero-order chi connectivity index (χ0) is 12.5. The molecule has 0 amide bonds. The van der Waals surface area contributed by atoms with Gasteiger partial charge in [-0.3, -0.25) is 9.78 Å². The van der Waals surface area contributed by atoms with Crippen molar-refractivity contribution in [2.75, 3.05) is 5.32 Å². The number of hydrogen-bond donors (Lipinski definition) is 3. The van der Waals surface area contributed by atoms with E-state index in [2.05, 4.69) is 31.9 Å². The second-order valence-corrected chi connectivity index (χ2v) is 5.24. The molecule has 3 N–H and O–H groups in total. The van der Waals surface area contributed by atoms with Crippen LogP contribution in [0.3, 0.4) is 0 Å². The maximum Gasteiger partial charge on any atom is 0.342 e. The summed E-state index contributed by atoms with van der Waals surface area (Å²) in [5.74, 6) is 0.165. The number of aryl methyl sites for hydroxylation is 1. The number of thiophene rings is 1. The summed E-state index contributed by atoms with van der Waals surface area (Å²) >= 11 is 1.74. The molecule has 7 heteroatoms. The highest BCUT2D eigenvalue weighted by molar-refractivity contribution is 7.10. The van der Waals surface area contributed by atoms with E-state index in [-0.39, 0.29) is 11.9 Å². The zero-order valence-corrected chi connectivity index (χ0v) is 10.3. The number of nitrogens with zero attached hydrogens (tertiary/aromatic N) is 1. The Morgan fingerprint density at radius 1 is 1.44 bits per heavy atom.